The minimum absolute atomic E-state index is 0.156. The summed E-state index contributed by atoms with van der Waals surface area (Å²) < 4.78 is 26.2. The zero-order chi connectivity index (χ0) is 35.4. The zero-order valence-corrected chi connectivity index (χ0v) is 30.7. The Bertz CT molecular complexity index is 1010. The van der Waals surface area contributed by atoms with Gasteiger partial charge in [-0.2, -0.15) is 0 Å². The molecule has 8 nitrogen and oxygen atoms in total. The van der Waals surface area contributed by atoms with Crippen LogP contribution in [0, 0.1) is 0 Å². The van der Waals surface area contributed by atoms with E-state index in [1.807, 2.05) is 0 Å². The molecule has 0 aliphatic heterocycles. The van der Waals surface area contributed by atoms with Crippen molar-refractivity contribution in [2.75, 3.05) is 13.2 Å². The Kier molecular flexibility index (Phi) is 32.6. The van der Waals surface area contributed by atoms with E-state index in [-0.39, 0.29) is 19.4 Å². The molecule has 0 saturated carbocycles. The second-order valence-electron chi connectivity index (χ2n) is 11.8. The second kappa shape index (κ2) is 34.4. The van der Waals surface area contributed by atoms with Gasteiger partial charge in [0.15, 0.2) is 6.10 Å². The normalized spacial score (nSPS) is 13.3. The van der Waals surface area contributed by atoms with Gasteiger partial charge in [0, 0.05) is 12.8 Å². The maximum absolute atomic E-state index is 12.3. The van der Waals surface area contributed by atoms with Crippen molar-refractivity contribution >= 4 is 19.8 Å². The van der Waals surface area contributed by atoms with E-state index in [2.05, 4.69) is 91.3 Å². The molecule has 0 aliphatic carbocycles. The number of rotatable bonds is 32. The van der Waals surface area contributed by atoms with E-state index in [9.17, 15) is 14.2 Å². The van der Waals surface area contributed by atoms with E-state index in [4.69, 9.17) is 19.3 Å². The summed E-state index contributed by atoms with van der Waals surface area (Å²) in [6, 6.07) is 0. The van der Waals surface area contributed by atoms with E-state index in [1.54, 1.807) is 0 Å². The Balaban J connectivity index is 4.14. The monoisotopic (exact) mass is 692 g/mol. The van der Waals surface area contributed by atoms with E-state index in [0.717, 1.165) is 64.2 Å². The van der Waals surface area contributed by atoms with Crippen LogP contribution in [0.2, 0.25) is 0 Å². The number of allylic oxidation sites excluding steroid dienone is 12. The van der Waals surface area contributed by atoms with Gasteiger partial charge in [-0.05, 0) is 83.5 Å². The summed E-state index contributed by atoms with van der Waals surface area (Å²) in [5, 5.41) is 0. The molecule has 0 heterocycles. The topological polar surface area (TPSA) is 119 Å². The van der Waals surface area contributed by atoms with Crippen LogP contribution in [-0.2, 0) is 28.2 Å². The first-order valence-electron chi connectivity index (χ1n) is 18.2. The third kappa shape index (κ3) is 36.3. The SMILES string of the molecule is CC/C=C/C/C=C/C/C=C/C/C=C/CCCCC(=O)OC[C@H](COP(=O)(O)O)OC(=O)CCCC/C=C/C/C=C/CCCCCCCC. The summed E-state index contributed by atoms with van der Waals surface area (Å²) in [6.45, 7) is 3.47. The molecule has 0 bridgehead atoms. The predicted octanol–water partition coefficient (Wildman–Crippen LogP) is 10.7. The van der Waals surface area contributed by atoms with Crippen LogP contribution in [0.25, 0.3) is 0 Å². The Morgan fingerprint density at radius 2 is 1.00 bits per heavy atom. The minimum atomic E-state index is -4.77. The average Bonchev–Trinajstić information content (AvgIpc) is 3.05. The number of unbranched alkanes of at least 4 members (excludes halogenated alkanes) is 10. The lowest BCUT2D eigenvalue weighted by molar-refractivity contribution is -0.161. The van der Waals surface area contributed by atoms with Gasteiger partial charge in [0.1, 0.15) is 6.61 Å². The highest BCUT2D eigenvalue weighted by Crippen LogP contribution is 2.35. The Morgan fingerprint density at radius 3 is 1.50 bits per heavy atom. The lowest BCUT2D eigenvalue weighted by atomic mass is 10.1. The number of carbonyl (C=O) groups excluding carboxylic acids is 2. The Hall–Kier alpha value is -2.51. The highest BCUT2D eigenvalue weighted by molar-refractivity contribution is 7.46. The van der Waals surface area contributed by atoms with Gasteiger partial charge < -0.3 is 19.3 Å². The predicted molar refractivity (Wildman–Crippen MR) is 197 cm³/mol. The fraction of sp³-hybridized carbons (Fsp3) is 0.641. The molecule has 0 aromatic carbocycles. The molecule has 274 valence electrons. The van der Waals surface area contributed by atoms with Crippen molar-refractivity contribution < 1.29 is 37.9 Å². The molecule has 0 aromatic heterocycles. The Morgan fingerprint density at radius 1 is 0.562 bits per heavy atom. The molecule has 0 spiro atoms. The average molecular weight is 693 g/mol. The largest absolute Gasteiger partial charge is 0.469 e. The fourth-order valence-corrected chi connectivity index (χ4v) is 4.87. The summed E-state index contributed by atoms with van der Waals surface area (Å²) in [5.41, 5.74) is 0. The van der Waals surface area contributed by atoms with Crippen LogP contribution in [-0.4, -0.2) is 41.0 Å². The van der Waals surface area contributed by atoms with Crippen LogP contribution >= 0.6 is 7.82 Å². The molecule has 1 atom stereocenters. The van der Waals surface area contributed by atoms with Gasteiger partial charge in [-0.15, -0.1) is 0 Å². The first-order valence-corrected chi connectivity index (χ1v) is 19.8. The number of esters is 2. The molecular weight excluding hydrogens is 627 g/mol. The fourth-order valence-electron chi connectivity index (χ4n) is 4.51. The highest BCUT2D eigenvalue weighted by Gasteiger charge is 2.22. The second-order valence-corrected chi connectivity index (χ2v) is 13.0. The van der Waals surface area contributed by atoms with Crippen molar-refractivity contribution in [2.24, 2.45) is 0 Å². The lowest BCUT2D eigenvalue weighted by Gasteiger charge is -2.18. The van der Waals surface area contributed by atoms with Crippen LogP contribution in [0.1, 0.15) is 142 Å². The number of hydrogen-bond acceptors (Lipinski definition) is 6. The summed E-state index contributed by atoms with van der Waals surface area (Å²) >= 11 is 0. The minimum Gasteiger partial charge on any atom is -0.462 e. The third-order valence-corrected chi connectivity index (χ3v) is 7.69. The van der Waals surface area contributed by atoms with Gasteiger partial charge in [-0.3, -0.25) is 14.1 Å². The number of hydrogen-bond donors (Lipinski definition) is 2. The maximum Gasteiger partial charge on any atom is 0.469 e. The van der Waals surface area contributed by atoms with Crippen molar-refractivity contribution in [2.45, 2.75) is 148 Å². The summed E-state index contributed by atoms with van der Waals surface area (Å²) in [6.07, 6.45) is 43.4. The van der Waals surface area contributed by atoms with Gasteiger partial charge in [0.2, 0.25) is 0 Å². The lowest BCUT2D eigenvalue weighted by Crippen LogP contribution is -2.29. The van der Waals surface area contributed by atoms with Crippen molar-refractivity contribution in [3.8, 4) is 0 Å². The number of phosphoric ester groups is 1. The maximum atomic E-state index is 12.3. The first-order chi connectivity index (χ1) is 23.3. The van der Waals surface area contributed by atoms with Crippen LogP contribution in [0.5, 0.6) is 0 Å². The molecule has 0 rings (SSSR count). The molecule has 48 heavy (non-hydrogen) atoms. The van der Waals surface area contributed by atoms with Crippen molar-refractivity contribution in [3.63, 3.8) is 0 Å². The van der Waals surface area contributed by atoms with Gasteiger partial charge in [-0.1, -0.05) is 119 Å². The summed E-state index contributed by atoms with van der Waals surface area (Å²) in [5.74, 6) is -0.980. The summed E-state index contributed by atoms with van der Waals surface area (Å²) in [7, 11) is -4.77. The number of carbonyl (C=O) groups is 2. The highest BCUT2D eigenvalue weighted by atomic mass is 31.2. The number of phosphoric acid groups is 1. The zero-order valence-electron chi connectivity index (χ0n) is 29.9. The molecule has 9 heteroatoms. The van der Waals surface area contributed by atoms with Gasteiger partial charge in [-0.25, -0.2) is 4.57 Å². The molecule has 0 unspecified atom stereocenters. The van der Waals surface area contributed by atoms with Gasteiger partial charge in [0.05, 0.1) is 6.61 Å². The number of ether oxygens (including phenoxy) is 2. The van der Waals surface area contributed by atoms with Crippen molar-refractivity contribution in [1.82, 2.24) is 0 Å². The van der Waals surface area contributed by atoms with E-state index < -0.39 is 32.5 Å². The summed E-state index contributed by atoms with van der Waals surface area (Å²) in [4.78, 5) is 42.6. The van der Waals surface area contributed by atoms with E-state index in [0.29, 0.717) is 12.8 Å². The van der Waals surface area contributed by atoms with Crippen molar-refractivity contribution in [3.05, 3.63) is 72.9 Å². The Labute approximate surface area is 291 Å². The van der Waals surface area contributed by atoms with Gasteiger partial charge in [0.25, 0.3) is 0 Å². The molecule has 0 amide bonds. The molecule has 0 saturated heterocycles. The van der Waals surface area contributed by atoms with Crippen LogP contribution < -0.4 is 0 Å². The van der Waals surface area contributed by atoms with Crippen LogP contribution in [0.4, 0.5) is 0 Å². The van der Waals surface area contributed by atoms with E-state index >= 15 is 0 Å². The van der Waals surface area contributed by atoms with Crippen LogP contribution in [0.3, 0.4) is 0 Å². The van der Waals surface area contributed by atoms with Crippen LogP contribution in [0.15, 0.2) is 72.9 Å². The molecule has 0 aromatic rings. The van der Waals surface area contributed by atoms with Gasteiger partial charge >= 0.3 is 19.8 Å². The molecule has 2 N–H and O–H groups in total. The molecule has 0 aliphatic rings. The standard InChI is InChI=1S/C39H65O8P/c1-3-5-7-9-11-13-15-17-19-21-23-25-27-29-31-33-38(40)45-35-37(36-46-48(42,43)44)47-39(41)34-32-30-28-26-24-22-20-18-16-14-12-10-8-6-4-2/h5,7,11,13,17-20,23-26,37H,3-4,6,8-10,12,14-16,21-22,27-36H2,1-2H3,(H2,42,43,44)/b7-5+,13-11+,19-17+,20-18+,25-23+,26-24+/t37-/m1/s1. The smallest absolute Gasteiger partial charge is 0.462 e. The third-order valence-electron chi connectivity index (χ3n) is 7.21. The van der Waals surface area contributed by atoms with E-state index in [1.165, 1.54) is 38.5 Å². The quantitative estimate of drug-likeness (QED) is 0.0309. The molecule has 0 radical (unpaired) electrons. The molecule has 0 fully saturated rings. The van der Waals surface area contributed by atoms with Crippen molar-refractivity contribution in [1.29, 1.82) is 0 Å². The first kappa shape index (κ1) is 45.5. The molecular formula is C39H65O8P.